The molecule has 0 saturated heterocycles. The molecule has 0 bridgehead atoms. The number of aryl methyl sites for hydroxylation is 4. The van der Waals surface area contributed by atoms with E-state index in [1.54, 1.807) is 6.92 Å². The molecule has 0 aliphatic rings. The van der Waals surface area contributed by atoms with Crippen molar-refractivity contribution in [3.63, 3.8) is 0 Å². The van der Waals surface area contributed by atoms with Crippen molar-refractivity contribution in [3.8, 4) is 5.75 Å². The summed E-state index contributed by atoms with van der Waals surface area (Å²) in [6, 6.07) is 10.6. The van der Waals surface area contributed by atoms with Gasteiger partial charge in [0.1, 0.15) is 5.75 Å². The Bertz CT molecular complexity index is 780. The Labute approximate surface area is 157 Å². The maximum Gasteiger partial charge on any atom is 0.261 e. The topological polar surface area (TPSA) is 38.3 Å². The summed E-state index contributed by atoms with van der Waals surface area (Å²) in [6.07, 6.45) is 1.42. The number of amides is 1. The van der Waals surface area contributed by atoms with Gasteiger partial charge in [-0.25, -0.2) is 0 Å². The maximum absolute atomic E-state index is 12.5. The van der Waals surface area contributed by atoms with Crippen LogP contribution in [0.5, 0.6) is 5.75 Å². The number of carbonyl (C=O) groups is 1. The molecule has 0 aliphatic carbocycles. The first-order chi connectivity index (χ1) is 12.3. The van der Waals surface area contributed by atoms with Crippen molar-refractivity contribution in [2.75, 3.05) is 0 Å². The normalized spacial score (nSPS) is 11.9. The van der Waals surface area contributed by atoms with E-state index >= 15 is 0 Å². The Balaban J connectivity index is 2.04. The summed E-state index contributed by atoms with van der Waals surface area (Å²) in [6.45, 7) is 12.7. The Kier molecular flexibility index (Phi) is 6.84. The van der Waals surface area contributed by atoms with Gasteiger partial charge in [-0.15, -0.1) is 0 Å². The fraction of sp³-hybridized carbons (Fsp3) is 0.435. The van der Waals surface area contributed by atoms with Gasteiger partial charge in [-0.1, -0.05) is 38.1 Å². The molecule has 140 valence electrons. The third kappa shape index (κ3) is 4.87. The molecule has 0 fully saturated rings. The second-order valence-corrected chi connectivity index (χ2v) is 6.99. The molecule has 2 aromatic rings. The standard InChI is InChI=1S/C23H31NO2/c1-7-19-9-10-20(8-2)21(13-19)14-24-23(25)18(6)26-22-12-15(3)11-16(4)17(22)5/h9-13,18H,7-8,14H2,1-6H3,(H,24,25). The Hall–Kier alpha value is -2.29. The van der Waals surface area contributed by atoms with Crippen LogP contribution in [-0.4, -0.2) is 12.0 Å². The monoisotopic (exact) mass is 353 g/mol. The highest BCUT2D eigenvalue weighted by Crippen LogP contribution is 2.24. The van der Waals surface area contributed by atoms with Crippen LogP contribution in [0.2, 0.25) is 0 Å². The van der Waals surface area contributed by atoms with Gasteiger partial charge in [-0.2, -0.15) is 0 Å². The largest absolute Gasteiger partial charge is 0.481 e. The van der Waals surface area contributed by atoms with Gasteiger partial charge in [-0.05, 0) is 80.0 Å². The van der Waals surface area contributed by atoms with Gasteiger partial charge in [0, 0.05) is 6.54 Å². The molecule has 0 heterocycles. The van der Waals surface area contributed by atoms with Gasteiger partial charge < -0.3 is 10.1 Å². The molecule has 3 nitrogen and oxygen atoms in total. The summed E-state index contributed by atoms with van der Waals surface area (Å²) in [5.41, 5.74) is 7.16. The van der Waals surface area contributed by atoms with Crippen LogP contribution in [0.15, 0.2) is 30.3 Å². The molecule has 0 saturated carbocycles. The summed E-state index contributed by atoms with van der Waals surface area (Å²) in [5.74, 6) is 0.694. The molecule has 0 aromatic heterocycles. The molecule has 0 radical (unpaired) electrons. The second-order valence-electron chi connectivity index (χ2n) is 6.99. The van der Waals surface area contributed by atoms with Crippen molar-refractivity contribution in [2.45, 2.75) is 67.0 Å². The van der Waals surface area contributed by atoms with Crippen LogP contribution in [0, 0.1) is 20.8 Å². The number of hydrogen-bond donors (Lipinski definition) is 1. The third-order valence-electron chi connectivity index (χ3n) is 4.95. The summed E-state index contributed by atoms with van der Waals surface area (Å²) < 4.78 is 5.95. The van der Waals surface area contributed by atoms with Gasteiger partial charge in [0.25, 0.3) is 5.91 Å². The summed E-state index contributed by atoms with van der Waals surface area (Å²) >= 11 is 0. The zero-order chi connectivity index (χ0) is 19.3. The highest BCUT2D eigenvalue weighted by Gasteiger charge is 2.16. The molecule has 1 amide bonds. The van der Waals surface area contributed by atoms with Gasteiger partial charge in [0.05, 0.1) is 0 Å². The minimum absolute atomic E-state index is 0.0903. The molecule has 2 rings (SSSR count). The molecular formula is C23H31NO2. The Morgan fingerprint density at radius 1 is 1.04 bits per heavy atom. The van der Waals surface area contributed by atoms with Gasteiger partial charge in [-0.3, -0.25) is 4.79 Å². The molecule has 0 spiro atoms. The van der Waals surface area contributed by atoms with Crippen LogP contribution in [0.25, 0.3) is 0 Å². The van der Waals surface area contributed by atoms with Crippen LogP contribution in [0.1, 0.15) is 54.2 Å². The number of ether oxygens (including phenoxy) is 1. The predicted molar refractivity (Wildman–Crippen MR) is 108 cm³/mol. The Morgan fingerprint density at radius 2 is 1.77 bits per heavy atom. The summed E-state index contributed by atoms with van der Waals surface area (Å²) in [5, 5.41) is 3.03. The van der Waals surface area contributed by atoms with Gasteiger partial charge in [0.2, 0.25) is 0 Å². The molecule has 0 aliphatic heterocycles. The van der Waals surface area contributed by atoms with Crippen molar-refractivity contribution in [1.29, 1.82) is 0 Å². The number of hydrogen-bond acceptors (Lipinski definition) is 2. The quantitative estimate of drug-likeness (QED) is 0.775. The lowest BCUT2D eigenvalue weighted by Crippen LogP contribution is -2.36. The van der Waals surface area contributed by atoms with E-state index in [2.05, 4.69) is 50.4 Å². The van der Waals surface area contributed by atoms with Crippen molar-refractivity contribution < 1.29 is 9.53 Å². The molecule has 1 atom stereocenters. The first kappa shape index (κ1) is 20.0. The van der Waals surface area contributed by atoms with Crippen LogP contribution >= 0.6 is 0 Å². The number of rotatable bonds is 7. The second kappa shape index (κ2) is 8.88. The summed E-state index contributed by atoms with van der Waals surface area (Å²) in [4.78, 5) is 12.5. The van der Waals surface area contributed by atoms with E-state index in [9.17, 15) is 4.79 Å². The molecule has 2 aromatic carbocycles. The number of nitrogens with one attached hydrogen (secondary N) is 1. The van der Waals surface area contributed by atoms with E-state index in [1.165, 1.54) is 22.3 Å². The minimum Gasteiger partial charge on any atom is -0.481 e. The van der Waals surface area contributed by atoms with Gasteiger partial charge in [0.15, 0.2) is 6.10 Å². The minimum atomic E-state index is -0.533. The first-order valence-electron chi connectivity index (χ1n) is 9.48. The van der Waals surface area contributed by atoms with Crippen molar-refractivity contribution in [3.05, 3.63) is 63.7 Å². The zero-order valence-corrected chi connectivity index (χ0v) is 16.9. The lowest BCUT2D eigenvalue weighted by molar-refractivity contribution is -0.127. The van der Waals surface area contributed by atoms with E-state index < -0.39 is 6.10 Å². The molecule has 1 unspecified atom stereocenters. The number of benzene rings is 2. The average Bonchev–Trinajstić information content (AvgIpc) is 2.63. The maximum atomic E-state index is 12.5. The smallest absolute Gasteiger partial charge is 0.261 e. The lowest BCUT2D eigenvalue weighted by atomic mass is 10.0. The molecule has 1 N–H and O–H groups in total. The van der Waals surface area contributed by atoms with E-state index in [0.29, 0.717) is 6.54 Å². The van der Waals surface area contributed by atoms with Crippen LogP contribution in [-0.2, 0) is 24.2 Å². The average molecular weight is 354 g/mol. The van der Waals surface area contributed by atoms with Crippen LogP contribution in [0.4, 0.5) is 0 Å². The fourth-order valence-corrected chi connectivity index (χ4v) is 3.10. The SMILES string of the molecule is CCc1ccc(CC)c(CNC(=O)C(C)Oc2cc(C)cc(C)c2C)c1. The van der Waals surface area contributed by atoms with Crippen LogP contribution in [0.3, 0.4) is 0 Å². The highest BCUT2D eigenvalue weighted by molar-refractivity contribution is 5.80. The van der Waals surface area contributed by atoms with Crippen molar-refractivity contribution in [1.82, 2.24) is 5.32 Å². The summed E-state index contributed by atoms with van der Waals surface area (Å²) in [7, 11) is 0. The number of carbonyl (C=O) groups excluding carboxylic acids is 1. The van der Waals surface area contributed by atoms with Crippen LogP contribution < -0.4 is 10.1 Å². The van der Waals surface area contributed by atoms with Crippen molar-refractivity contribution in [2.24, 2.45) is 0 Å². The van der Waals surface area contributed by atoms with E-state index in [1.807, 2.05) is 19.9 Å². The first-order valence-corrected chi connectivity index (χ1v) is 9.48. The Morgan fingerprint density at radius 3 is 2.42 bits per heavy atom. The lowest BCUT2D eigenvalue weighted by Gasteiger charge is -2.18. The van der Waals surface area contributed by atoms with E-state index in [0.717, 1.165) is 29.7 Å². The van der Waals surface area contributed by atoms with Crippen molar-refractivity contribution >= 4 is 5.91 Å². The molecule has 26 heavy (non-hydrogen) atoms. The van der Waals surface area contributed by atoms with E-state index in [4.69, 9.17) is 4.74 Å². The van der Waals surface area contributed by atoms with E-state index in [-0.39, 0.29) is 5.91 Å². The zero-order valence-electron chi connectivity index (χ0n) is 16.9. The molecule has 3 heteroatoms. The van der Waals surface area contributed by atoms with Gasteiger partial charge >= 0.3 is 0 Å². The predicted octanol–water partition coefficient (Wildman–Crippen LogP) is 4.82. The fourth-order valence-electron chi connectivity index (χ4n) is 3.10. The highest BCUT2D eigenvalue weighted by atomic mass is 16.5. The molecular weight excluding hydrogens is 322 g/mol. The third-order valence-corrected chi connectivity index (χ3v) is 4.95.